The van der Waals surface area contributed by atoms with Gasteiger partial charge >= 0.3 is 0 Å². The molecule has 0 aromatic heterocycles. The van der Waals surface area contributed by atoms with E-state index in [2.05, 4.69) is 33.9 Å². The van der Waals surface area contributed by atoms with E-state index in [9.17, 15) is 13.2 Å². The van der Waals surface area contributed by atoms with E-state index < -0.39 is 21.8 Å². The van der Waals surface area contributed by atoms with Gasteiger partial charge in [-0.15, -0.1) is 0 Å². The molecular weight excluding hydrogens is 612 g/mol. The maximum Gasteiger partial charge on any atom is 0.264 e. The molecule has 2 aliphatic heterocycles. The van der Waals surface area contributed by atoms with Gasteiger partial charge in [0.15, 0.2) is 0 Å². The Hall–Kier alpha value is -2.59. The summed E-state index contributed by atoms with van der Waals surface area (Å²) in [7, 11) is -0.903. The molecule has 2 bridgehead atoms. The van der Waals surface area contributed by atoms with Gasteiger partial charge in [0.25, 0.3) is 10.0 Å². The van der Waals surface area contributed by atoms with Gasteiger partial charge in [-0.2, -0.15) is 0 Å². The number of methoxy groups -OCH3 is 2. The third kappa shape index (κ3) is 6.25. The number of carbonyl (C=O) groups is 1. The van der Waals surface area contributed by atoms with Crippen LogP contribution in [0.4, 0.5) is 5.69 Å². The van der Waals surface area contributed by atoms with E-state index in [4.69, 9.17) is 25.8 Å². The van der Waals surface area contributed by atoms with Crippen LogP contribution in [0.3, 0.4) is 0 Å². The van der Waals surface area contributed by atoms with Crippen molar-refractivity contribution < 1.29 is 27.4 Å². The number of rotatable bonds is 3. The zero-order chi connectivity index (χ0) is 31.9. The van der Waals surface area contributed by atoms with E-state index in [0.29, 0.717) is 42.7 Å². The van der Waals surface area contributed by atoms with Crippen molar-refractivity contribution in [2.45, 2.75) is 75.4 Å². The number of anilines is 1. The number of fused-ring (bicyclic) bond motifs is 4. The Labute approximate surface area is 272 Å². The number of aryl methyl sites for hydroxylation is 1. The molecule has 1 amide bonds. The van der Waals surface area contributed by atoms with Crippen molar-refractivity contribution in [1.29, 1.82) is 0 Å². The van der Waals surface area contributed by atoms with Crippen LogP contribution in [-0.4, -0.2) is 54.3 Å². The first-order chi connectivity index (χ1) is 21.5. The highest BCUT2D eigenvalue weighted by atomic mass is 35.5. The van der Waals surface area contributed by atoms with Crippen molar-refractivity contribution in [2.75, 3.05) is 38.8 Å². The molecule has 1 spiro atoms. The van der Waals surface area contributed by atoms with Crippen LogP contribution in [0.2, 0.25) is 5.02 Å². The van der Waals surface area contributed by atoms with Crippen LogP contribution < -0.4 is 14.4 Å². The molecule has 1 N–H and O–H groups in total. The molecule has 244 valence electrons. The molecule has 6 atom stereocenters. The van der Waals surface area contributed by atoms with Crippen LogP contribution in [0.5, 0.6) is 5.75 Å². The molecule has 1 fully saturated rings. The predicted octanol–water partition coefficient (Wildman–Crippen LogP) is 6.04. The summed E-state index contributed by atoms with van der Waals surface area (Å²) in [6.07, 6.45) is 9.92. The first-order valence-corrected chi connectivity index (χ1v) is 18.0. The van der Waals surface area contributed by atoms with Gasteiger partial charge in [0, 0.05) is 49.2 Å². The van der Waals surface area contributed by atoms with Crippen molar-refractivity contribution in [1.82, 2.24) is 4.72 Å². The number of amides is 1. The van der Waals surface area contributed by atoms with Gasteiger partial charge in [0.05, 0.1) is 29.9 Å². The molecule has 6 rings (SSSR count). The second kappa shape index (κ2) is 12.9. The summed E-state index contributed by atoms with van der Waals surface area (Å²) in [6, 6.07) is 9.68. The van der Waals surface area contributed by atoms with Gasteiger partial charge in [-0.25, -0.2) is 13.1 Å². The van der Waals surface area contributed by atoms with E-state index in [0.717, 1.165) is 49.4 Å². The van der Waals surface area contributed by atoms with Crippen LogP contribution in [0.1, 0.15) is 62.6 Å². The minimum Gasteiger partial charge on any atom is -0.490 e. The molecule has 2 aromatic rings. The van der Waals surface area contributed by atoms with Crippen LogP contribution in [-0.2, 0) is 42.7 Å². The first kappa shape index (κ1) is 32.4. The number of halogens is 1. The minimum atomic E-state index is -4.21. The SMILES string of the molecule is COCc1cc2c3cc1S(=O)(=O)NC(=O)[C@H](C)[C@@H](C)C/C=C/[C@H](OC)[C@@H]1CC[C@H]1CN3C[C@@]1(CCCc3cc(Cl)ccc31)CO2. The lowest BCUT2D eigenvalue weighted by Crippen LogP contribution is -2.49. The Morgan fingerprint density at radius 1 is 1.16 bits per heavy atom. The summed E-state index contributed by atoms with van der Waals surface area (Å²) in [6.45, 7) is 5.69. The molecule has 2 aromatic carbocycles. The lowest BCUT2D eigenvalue weighted by atomic mass is 9.68. The Kier molecular flexibility index (Phi) is 9.27. The van der Waals surface area contributed by atoms with Crippen molar-refractivity contribution in [3.05, 3.63) is 64.2 Å². The topological polar surface area (TPSA) is 94.2 Å². The average molecular weight is 657 g/mol. The molecule has 2 heterocycles. The van der Waals surface area contributed by atoms with Crippen LogP contribution in [0.15, 0.2) is 47.4 Å². The summed E-state index contributed by atoms with van der Waals surface area (Å²) in [5.41, 5.74) is 3.38. The fourth-order valence-electron chi connectivity index (χ4n) is 7.80. The van der Waals surface area contributed by atoms with E-state index in [1.54, 1.807) is 26.2 Å². The molecule has 0 unspecified atom stereocenters. The number of ether oxygens (including phenoxy) is 3. The zero-order valence-electron chi connectivity index (χ0n) is 26.7. The Bertz CT molecular complexity index is 1580. The van der Waals surface area contributed by atoms with Crippen molar-refractivity contribution in [3.8, 4) is 5.75 Å². The predicted molar refractivity (Wildman–Crippen MR) is 175 cm³/mol. The lowest BCUT2D eigenvalue weighted by molar-refractivity contribution is -0.124. The standard InChI is InChI=1S/C35H45ClN2O6S/c1-22-7-5-9-31(43-4)28-12-10-25(28)18-38-20-35(14-6-8-24-15-27(36)11-13-29(24)35)21-44-32-16-26(19-42-3)33(17-30(32)38)45(40,41)37-34(39)23(22)2/h5,9,11,13,15-17,22-23,25,28,31H,6-8,10,12,14,18-21H2,1-4H3,(H,37,39)/b9-5+/t22-,23+,25-,28+,31-,35-/m0/s1. The molecule has 8 nitrogen and oxygen atoms in total. The van der Waals surface area contributed by atoms with Crippen molar-refractivity contribution >= 4 is 33.2 Å². The smallest absolute Gasteiger partial charge is 0.264 e. The number of hydrogen-bond acceptors (Lipinski definition) is 7. The molecule has 10 heteroatoms. The summed E-state index contributed by atoms with van der Waals surface area (Å²) < 4.78 is 48.4. The highest BCUT2D eigenvalue weighted by Crippen LogP contribution is 2.48. The lowest BCUT2D eigenvalue weighted by Gasteiger charge is -2.46. The number of nitrogens with one attached hydrogen (secondary N) is 1. The fourth-order valence-corrected chi connectivity index (χ4v) is 9.29. The number of sulfonamides is 1. The number of allylic oxidation sites excluding steroid dienone is 1. The highest BCUT2D eigenvalue weighted by molar-refractivity contribution is 7.90. The first-order valence-electron chi connectivity index (χ1n) is 16.1. The van der Waals surface area contributed by atoms with Gasteiger partial charge in [0.1, 0.15) is 5.75 Å². The maximum atomic E-state index is 13.9. The quantitative estimate of drug-likeness (QED) is 0.403. The Morgan fingerprint density at radius 3 is 2.71 bits per heavy atom. The third-order valence-electron chi connectivity index (χ3n) is 10.8. The molecular formula is C35H45ClN2O6S. The number of hydrogen-bond donors (Lipinski definition) is 1. The summed E-state index contributed by atoms with van der Waals surface area (Å²) in [5, 5.41) is 0.731. The molecule has 1 saturated carbocycles. The second-order valence-corrected chi connectivity index (χ2v) is 15.7. The highest BCUT2D eigenvalue weighted by Gasteiger charge is 2.45. The van der Waals surface area contributed by atoms with Crippen molar-refractivity contribution in [3.63, 3.8) is 0 Å². The minimum absolute atomic E-state index is 0.0257. The number of carbonyl (C=O) groups excluding carboxylic acids is 1. The number of nitrogens with zero attached hydrogens (tertiary/aromatic N) is 1. The van der Waals surface area contributed by atoms with Gasteiger partial charge in [0.2, 0.25) is 5.91 Å². The normalized spacial score (nSPS) is 31.9. The van der Waals surface area contributed by atoms with Gasteiger partial charge in [-0.3, -0.25) is 4.79 Å². The molecule has 0 saturated heterocycles. The molecule has 4 aliphatic rings. The fraction of sp³-hybridized carbons (Fsp3) is 0.571. The van der Waals surface area contributed by atoms with E-state index in [1.165, 1.54) is 18.2 Å². The van der Waals surface area contributed by atoms with Crippen LogP contribution >= 0.6 is 11.6 Å². The van der Waals surface area contributed by atoms with E-state index in [-0.39, 0.29) is 28.9 Å². The average Bonchev–Trinajstić information content (AvgIpc) is 3.14. The Balaban J connectivity index is 1.49. The summed E-state index contributed by atoms with van der Waals surface area (Å²) in [5.74, 6) is 0.241. The zero-order valence-corrected chi connectivity index (χ0v) is 28.3. The van der Waals surface area contributed by atoms with Crippen LogP contribution in [0, 0.1) is 23.7 Å². The molecule has 2 aliphatic carbocycles. The van der Waals surface area contributed by atoms with E-state index in [1.807, 2.05) is 13.0 Å². The summed E-state index contributed by atoms with van der Waals surface area (Å²) in [4.78, 5) is 15.7. The largest absolute Gasteiger partial charge is 0.490 e. The van der Waals surface area contributed by atoms with Gasteiger partial charge in [-0.1, -0.05) is 43.7 Å². The summed E-state index contributed by atoms with van der Waals surface area (Å²) >= 11 is 6.44. The second-order valence-electron chi connectivity index (χ2n) is 13.6. The van der Waals surface area contributed by atoms with Gasteiger partial charge in [-0.05, 0) is 91.7 Å². The molecule has 0 radical (unpaired) electrons. The van der Waals surface area contributed by atoms with Gasteiger partial charge < -0.3 is 19.1 Å². The Morgan fingerprint density at radius 2 is 1.98 bits per heavy atom. The van der Waals surface area contributed by atoms with Crippen molar-refractivity contribution in [2.24, 2.45) is 23.7 Å². The number of benzene rings is 2. The van der Waals surface area contributed by atoms with Crippen LogP contribution in [0.25, 0.3) is 0 Å². The third-order valence-corrected chi connectivity index (χ3v) is 12.4. The van der Waals surface area contributed by atoms with E-state index >= 15 is 0 Å². The monoisotopic (exact) mass is 656 g/mol. The molecule has 45 heavy (non-hydrogen) atoms. The maximum absolute atomic E-state index is 13.9.